The number of aryl methyl sites for hydroxylation is 2. The second kappa shape index (κ2) is 8.73. The predicted octanol–water partition coefficient (Wildman–Crippen LogP) is 4.79. The van der Waals surface area contributed by atoms with Gasteiger partial charge in [-0.3, -0.25) is 14.7 Å². The average molecular weight is 433 g/mol. The standard InChI is InChI=1S/C24H24N4O2S/c1-15-8-7-11-20(16(15)2)25-22(29)13-12-19-17(3)27-28(23(19)30)24-26-21(14-31-24)18-9-5-4-6-10-18/h4-11,14,27H,12-13H2,1-3H3,(H,25,29). The molecular weight excluding hydrogens is 408 g/mol. The molecule has 1 amide bonds. The lowest BCUT2D eigenvalue weighted by atomic mass is 10.1. The van der Waals surface area contributed by atoms with Crippen molar-refractivity contribution in [3.63, 3.8) is 0 Å². The molecule has 0 spiro atoms. The van der Waals surface area contributed by atoms with Crippen molar-refractivity contribution in [2.45, 2.75) is 33.6 Å². The zero-order valence-electron chi connectivity index (χ0n) is 17.7. The zero-order chi connectivity index (χ0) is 22.0. The molecule has 0 fully saturated rings. The molecular formula is C24H24N4O2S. The number of thiazole rings is 1. The highest BCUT2D eigenvalue weighted by atomic mass is 32.1. The van der Waals surface area contributed by atoms with Gasteiger partial charge >= 0.3 is 0 Å². The summed E-state index contributed by atoms with van der Waals surface area (Å²) in [6, 6.07) is 15.7. The van der Waals surface area contributed by atoms with Crippen LogP contribution in [-0.2, 0) is 11.2 Å². The molecule has 2 aromatic carbocycles. The Morgan fingerprint density at radius 1 is 1.10 bits per heavy atom. The van der Waals surface area contributed by atoms with Gasteiger partial charge in [0.25, 0.3) is 5.56 Å². The van der Waals surface area contributed by atoms with Crippen LogP contribution < -0.4 is 10.9 Å². The summed E-state index contributed by atoms with van der Waals surface area (Å²) in [5.74, 6) is -0.110. The molecule has 158 valence electrons. The summed E-state index contributed by atoms with van der Waals surface area (Å²) >= 11 is 1.40. The number of hydrogen-bond donors (Lipinski definition) is 2. The lowest BCUT2D eigenvalue weighted by Crippen LogP contribution is -2.19. The summed E-state index contributed by atoms with van der Waals surface area (Å²) < 4.78 is 1.46. The van der Waals surface area contributed by atoms with Crippen LogP contribution in [0.15, 0.2) is 58.7 Å². The largest absolute Gasteiger partial charge is 0.326 e. The Morgan fingerprint density at radius 2 is 1.87 bits per heavy atom. The topological polar surface area (TPSA) is 79.8 Å². The second-order valence-corrected chi connectivity index (χ2v) is 8.37. The Morgan fingerprint density at radius 3 is 2.65 bits per heavy atom. The SMILES string of the molecule is Cc1cccc(NC(=O)CCc2c(C)[nH]n(-c3nc(-c4ccccc4)cs3)c2=O)c1C. The molecule has 0 saturated heterocycles. The van der Waals surface area contributed by atoms with E-state index in [-0.39, 0.29) is 17.9 Å². The summed E-state index contributed by atoms with van der Waals surface area (Å²) in [5, 5.41) is 8.57. The monoisotopic (exact) mass is 432 g/mol. The Hall–Kier alpha value is -3.45. The number of aromatic nitrogens is 3. The Balaban J connectivity index is 1.49. The molecule has 0 atom stereocenters. The molecule has 4 aromatic rings. The summed E-state index contributed by atoms with van der Waals surface area (Å²) in [6.07, 6.45) is 0.593. The van der Waals surface area contributed by atoms with E-state index in [0.29, 0.717) is 17.1 Å². The number of H-pyrrole nitrogens is 1. The number of benzene rings is 2. The summed E-state index contributed by atoms with van der Waals surface area (Å²) in [4.78, 5) is 30.0. The second-order valence-electron chi connectivity index (χ2n) is 7.53. The Bertz CT molecular complexity index is 1280. The molecule has 0 aliphatic heterocycles. The first-order valence-electron chi connectivity index (χ1n) is 10.1. The van der Waals surface area contributed by atoms with Crippen LogP contribution in [0, 0.1) is 20.8 Å². The number of nitrogens with zero attached hydrogens (tertiary/aromatic N) is 2. The molecule has 31 heavy (non-hydrogen) atoms. The predicted molar refractivity (Wildman–Crippen MR) is 125 cm³/mol. The maximum Gasteiger partial charge on any atom is 0.276 e. The van der Waals surface area contributed by atoms with Gasteiger partial charge in [0, 0.05) is 34.3 Å². The molecule has 0 unspecified atom stereocenters. The van der Waals surface area contributed by atoms with Crippen molar-refractivity contribution in [3.8, 4) is 16.4 Å². The number of carbonyl (C=O) groups excluding carboxylic acids is 1. The third kappa shape index (κ3) is 4.36. The number of amides is 1. The van der Waals surface area contributed by atoms with E-state index >= 15 is 0 Å². The quantitative estimate of drug-likeness (QED) is 0.460. The van der Waals surface area contributed by atoms with Crippen LogP contribution in [0.3, 0.4) is 0 Å². The molecule has 0 aliphatic rings. The maximum absolute atomic E-state index is 13.0. The van der Waals surface area contributed by atoms with Crippen molar-refractivity contribution in [1.82, 2.24) is 14.8 Å². The minimum Gasteiger partial charge on any atom is -0.326 e. The van der Waals surface area contributed by atoms with E-state index in [9.17, 15) is 9.59 Å². The highest BCUT2D eigenvalue weighted by Gasteiger charge is 2.16. The third-order valence-electron chi connectivity index (χ3n) is 5.43. The van der Waals surface area contributed by atoms with Crippen molar-refractivity contribution in [3.05, 3.63) is 86.6 Å². The van der Waals surface area contributed by atoms with Crippen LogP contribution in [0.5, 0.6) is 0 Å². The third-order valence-corrected chi connectivity index (χ3v) is 6.25. The number of rotatable bonds is 6. The summed E-state index contributed by atoms with van der Waals surface area (Å²) in [6.45, 7) is 5.84. The Labute approximate surface area is 184 Å². The van der Waals surface area contributed by atoms with E-state index in [1.807, 2.05) is 74.7 Å². The molecule has 0 aliphatic carbocycles. The van der Waals surface area contributed by atoms with Gasteiger partial charge in [-0.25, -0.2) is 4.98 Å². The van der Waals surface area contributed by atoms with Crippen molar-refractivity contribution in [2.75, 3.05) is 5.32 Å². The minimum atomic E-state index is -0.161. The molecule has 6 nitrogen and oxygen atoms in total. The molecule has 0 saturated carbocycles. The van der Waals surface area contributed by atoms with Gasteiger partial charge in [-0.1, -0.05) is 42.5 Å². The number of carbonyl (C=O) groups is 1. The van der Waals surface area contributed by atoms with Gasteiger partial charge in [-0.15, -0.1) is 11.3 Å². The van der Waals surface area contributed by atoms with Gasteiger partial charge in [0.15, 0.2) is 0 Å². The van der Waals surface area contributed by atoms with Crippen molar-refractivity contribution < 1.29 is 4.79 Å². The number of aromatic amines is 1. The number of anilines is 1. The average Bonchev–Trinajstić information content (AvgIpc) is 3.35. The van der Waals surface area contributed by atoms with Crippen LogP contribution >= 0.6 is 11.3 Å². The fraction of sp³-hybridized carbons (Fsp3) is 0.208. The maximum atomic E-state index is 13.0. The summed E-state index contributed by atoms with van der Waals surface area (Å²) in [7, 11) is 0. The molecule has 7 heteroatoms. The first kappa shape index (κ1) is 20.8. The first-order chi connectivity index (χ1) is 14.9. The van der Waals surface area contributed by atoms with Crippen LogP contribution in [-0.4, -0.2) is 20.7 Å². The molecule has 0 radical (unpaired) electrons. The normalized spacial score (nSPS) is 10.9. The van der Waals surface area contributed by atoms with E-state index in [4.69, 9.17) is 0 Å². The van der Waals surface area contributed by atoms with Gasteiger partial charge in [-0.2, -0.15) is 4.68 Å². The van der Waals surface area contributed by atoms with Gasteiger partial charge in [0.2, 0.25) is 11.0 Å². The fourth-order valence-corrected chi connectivity index (χ4v) is 4.25. The molecule has 4 rings (SSSR count). The van der Waals surface area contributed by atoms with Crippen molar-refractivity contribution in [1.29, 1.82) is 0 Å². The van der Waals surface area contributed by atoms with Gasteiger partial charge in [-0.05, 0) is 44.4 Å². The highest BCUT2D eigenvalue weighted by molar-refractivity contribution is 7.12. The zero-order valence-corrected chi connectivity index (χ0v) is 18.5. The van der Waals surface area contributed by atoms with Gasteiger partial charge < -0.3 is 5.32 Å². The van der Waals surface area contributed by atoms with Gasteiger partial charge in [0.05, 0.1) is 5.69 Å². The lowest BCUT2D eigenvalue weighted by molar-refractivity contribution is -0.116. The van der Waals surface area contributed by atoms with Crippen LogP contribution in [0.2, 0.25) is 0 Å². The molecule has 2 aromatic heterocycles. The van der Waals surface area contributed by atoms with Gasteiger partial charge in [0.1, 0.15) is 0 Å². The fourth-order valence-electron chi connectivity index (χ4n) is 3.46. The van der Waals surface area contributed by atoms with Crippen LogP contribution in [0.1, 0.15) is 28.8 Å². The highest BCUT2D eigenvalue weighted by Crippen LogP contribution is 2.23. The molecule has 2 N–H and O–H groups in total. The van der Waals surface area contributed by atoms with Crippen LogP contribution in [0.4, 0.5) is 5.69 Å². The molecule has 0 bridgehead atoms. The van der Waals surface area contributed by atoms with Crippen molar-refractivity contribution in [2.24, 2.45) is 0 Å². The smallest absolute Gasteiger partial charge is 0.276 e. The summed E-state index contributed by atoms with van der Waals surface area (Å²) in [5.41, 5.74) is 6.01. The van der Waals surface area contributed by atoms with Crippen LogP contribution in [0.25, 0.3) is 16.4 Å². The van der Waals surface area contributed by atoms with E-state index in [1.165, 1.54) is 16.0 Å². The van der Waals surface area contributed by atoms with E-state index in [0.717, 1.165) is 33.8 Å². The minimum absolute atomic E-state index is 0.110. The van der Waals surface area contributed by atoms with E-state index in [1.54, 1.807) is 0 Å². The van der Waals surface area contributed by atoms with E-state index < -0.39 is 0 Å². The number of nitrogens with one attached hydrogen (secondary N) is 2. The number of hydrogen-bond acceptors (Lipinski definition) is 4. The molecule has 2 heterocycles. The first-order valence-corrected chi connectivity index (χ1v) is 11.0. The van der Waals surface area contributed by atoms with Crippen molar-refractivity contribution >= 4 is 22.9 Å². The Kier molecular flexibility index (Phi) is 5.86. The lowest BCUT2D eigenvalue weighted by Gasteiger charge is -2.10. The van der Waals surface area contributed by atoms with E-state index in [2.05, 4.69) is 15.4 Å².